The fourth-order valence-electron chi connectivity index (χ4n) is 2.00. The van der Waals surface area contributed by atoms with Crippen LogP contribution in [0.15, 0.2) is 6.33 Å². The Hall–Kier alpha value is -0.940. The lowest BCUT2D eigenvalue weighted by Gasteiger charge is -2.21. The third-order valence-corrected chi connectivity index (χ3v) is 2.85. The summed E-state index contributed by atoms with van der Waals surface area (Å²) in [6, 6.07) is 0.570. The van der Waals surface area contributed by atoms with Crippen molar-refractivity contribution in [3.05, 3.63) is 12.2 Å². The van der Waals surface area contributed by atoms with Crippen molar-refractivity contribution in [2.24, 2.45) is 7.05 Å². The van der Waals surface area contributed by atoms with Crippen molar-refractivity contribution < 1.29 is 0 Å². The van der Waals surface area contributed by atoms with E-state index in [1.165, 1.54) is 6.42 Å². The molecule has 0 spiro atoms. The van der Waals surface area contributed by atoms with Crippen LogP contribution in [0.1, 0.15) is 19.2 Å². The van der Waals surface area contributed by atoms with Crippen LogP contribution < -0.4 is 5.32 Å². The van der Waals surface area contributed by atoms with Crippen molar-refractivity contribution in [1.29, 1.82) is 0 Å². The summed E-state index contributed by atoms with van der Waals surface area (Å²) >= 11 is 0. The van der Waals surface area contributed by atoms with Gasteiger partial charge in [0.05, 0.1) is 6.54 Å². The number of hydrogen-bond donors (Lipinski definition) is 1. The van der Waals surface area contributed by atoms with E-state index in [4.69, 9.17) is 0 Å². The second kappa shape index (κ2) is 4.72. The summed E-state index contributed by atoms with van der Waals surface area (Å²) < 4.78 is 1.85. The molecule has 0 saturated carbocycles. The van der Waals surface area contributed by atoms with E-state index in [2.05, 4.69) is 27.2 Å². The average Bonchev–Trinajstić information content (AvgIpc) is 2.48. The van der Waals surface area contributed by atoms with E-state index in [9.17, 15) is 0 Å². The maximum Gasteiger partial charge on any atom is 0.140 e. The Kier molecular flexibility index (Phi) is 3.33. The van der Waals surface area contributed by atoms with Gasteiger partial charge in [0.2, 0.25) is 0 Å². The molecule has 84 valence electrons. The van der Waals surface area contributed by atoms with Gasteiger partial charge in [-0.25, -0.2) is 4.98 Å². The molecule has 1 fully saturated rings. The number of rotatable bonds is 2. The summed E-state index contributed by atoms with van der Waals surface area (Å²) in [5.41, 5.74) is 0. The van der Waals surface area contributed by atoms with Crippen LogP contribution in [0, 0.1) is 0 Å². The molecule has 1 N–H and O–H groups in total. The van der Waals surface area contributed by atoms with Gasteiger partial charge in [-0.05, 0) is 26.4 Å². The Morgan fingerprint density at radius 2 is 2.47 bits per heavy atom. The van der Waals surface area contributed by atoms with Crippen molar-refractivity contribution in [3.8, 4) is 0 Å². The summed E-state index contributed by atoms with van der Waals surface area (Å²) in [6.45, 7) is 6.49. The van der Waals surface area contributed by atoms with E-state index in [1.54, 1.807) is 6.33 Å². The zero-order chi connectivity index (χ0) is 10.7. The number of aromatic nitrogens is 3. The normalized spacial score (nSPS) is 24.0. The molecule has 1 aliphatic rings. The highest BCUT2D eigenvalue weighted by molar-refractivity contribution is 4.85. The zero-order valence-corrected chi connectivity index (χ0v) is 9.48. The van der Waals surface area contributed by atoms with E-state index in [1.807, 2.05) is 11.7 Å². The van der Waals surface area contributed by atoms with E-state index in [0.29, 0.717) is 6.04 Å². The molecule has 1 unspecified atom stereocenters. The number of aryl methyl sites for hydroxylation is 1. The fraction of sp³-hybridized carbons (Fsp3) is 0.800. The van der Waals surface area contributed by atoms with Crippen LogP contribution in [0.4, 0.5) is 0 Å². The minimum absolute atomic E-state index is 0.570. The van der Waals surface area contributed by atoms with Gasteiger partial charge in [-0.2, -0.15) is 5.10 Å². The van der Waals surface area contributed by atoms with Crippen molar-refractivity contribution >= 4 is 0 Å². The van der Waals surface area contributed by atoms with Gasteiger partial charge in [0.25, 0.3) is 0 Å². The van der Waals surface area contributed by atoms with Gasteiger partial charge in [0.15, 0.2) is 0 Å². The number of nitrogens with zero attached hydrogens (tertiary/aromatic N) is 4. The summed E-state index contributed by atoms with van der Waals surface area (Å²) in [5.74, 6) is 1.05. The molecule has 0 amide bonds. The van der Waals surface area contributed by atoms with Crippen LogP contribution in [-0.2, 0) is 13.6 Å². The molecule has 5 heteroatoms. The van der Waals surface area contributed by atoms with Crippen molar-refractivity contribution in [2.45, 2.75) is 25.9 Å². The monoisotopic (exact) mass is 209 g/mol. The molecule has 1 atom stereocenters. The molecule has 1 aromatic heterocycles. The molecular formula is C10H19N5. The van der Waals surface area contributed by atoms with Crippen LogP contribution >= 0.6 is 0 Å². The Labute approximate surface area is 90.5 Å². The lowest BCUT2D eigenvalue weighted by Crippen LogP contribution is -2.35. The Bertz CT molecular complexity index is 309. The molecule has 2 heterocycles. The Morgan fingerprint density at radius 1 is 1.60 bits per heavy atom. The quantitative estimate of drug-likeness (QED) is 0.744. The highest BCUT2D eigenvalue weighted by Crippen LogP contribution is 2.05. The molecule has 1 aromatic rings. The lowest BCUT2D eigenvalue weighted by atomic mass is 10.3. The molecule has 0 aliphatic carbocycles. The molecule has 2 rings (SSSR count). The van der Waals surface area contributed by atoms with Gasteiger partial charge in [-0.15, -0.1) is 0 Å². The van der Waals surface area contributed by atoms with Gasteiger partial charge in [-0.3, -0.25) is 9.58 Å². The molecule has 1 aliphatic heterocycles. The second-order valence-corrected chi connectivity index (χ2v) is 4.24. The van der Waals surface area contributed by atoms with E-state index < -0.39 is 0 Å². The molecule has 5 nitrogen and oxygen atoms in total. The number of nitrogens with one attached hydrogen (secondary N) is 1. The summed E-state index contributed by atoms with van der Waals surface area (Å²) in [5, 5.41) is 7.57. The lowest BCUT2D eigenvalue weighted by molar-refractivity contribution is 0.255. The first kappa shape index (κ1) is 10.6. The highest BCUT2D eigenvalue weighted by atomic mass is 15.3. The summed E-state index contributed by atoms with van der Waals surface area (Å²) in [7, 11) is 1.95. The van der Waals surface area contributed by atoms with Crippen molar-refractivity contribution in [1.82, 2.24) is 25.0 Å². The Morgan fingerprint density at radius 3 is 3.20 bits per heavy atom. The molecule has 0 aromatic carbocycles. The zero-order valence-electron chi connectivity index (χ0n) is 9.48. The summed E-state index contributed by atoms with van der Waals surface area (Å²) in [4.78, 5) is 6.69. The van der Waals surface area contributed by atoms with Gasteiger partial charge < -0.3 is 5.32 Å². The summed E-state index contributed by atoms with van der Waals surface area (Å²) in [6.07, 6.45) is 2.83. The van der Waals surface area contributed by atoms with Crippen LogP contribution in [-0.4, -0.2) is 45.3 Å². The van der Waals surface area contributed by atoms with E-state index >= 15 is 0 Å². The Balaban J connectivity index is 1.96. The smallest absolute Gasteiger partial charge is 0.140 e. The molecule has 0 radical (unpaired) electrons. The first-order chi connectivity index (χ1) is 7.25. The van der Waals surface area contributed by atoms with Gasteiger partial charge in [0.1, 0.15) is 12.2 Å². The van der Waals surface area contributed by atoms with Crippen LogP contribution in [0.5, 0.6) is 0 Å². The van der Waals surface area contributed by atoms with Crippen LogP contribution in [0.25, 0.3) is 0 Å². The van der Waals surface area contributed by atoms with Gasteiger partial charge in [0, 0.05) is 19.6 Å². The molecular weight excluding hydrogens is 190 g/mol. The van der Waals surface area contributed by atoms with Crippen LogP contribution in [0.3, 0.4) is 0 Å². The maximum atomic E-state index is 4.26. The first-order valence-corrected chi connectivity index (χ1v) is 5.54. The standard InChI is InChI=1S/C10H19N5/c1-9-6-15(5-3-4-11-9)7-10-12-8-13-14(10)2/h8-9,11H,3-7H2,1-2H3. The van der Waals surface area contributed by atoms with E-state index in [-0.39, 0.29) is 0 Å². The highest BCUT2D eigenvalue weighted by Gasteiger charge is 2.15. The minimum atomic E-state index is 0.570. The largest absolute Gasteiger partial charge is 0.313 e. The minimum Gasteiger partial charge on any atom is -0.313 e. The van der Waals surface area contributed by atoms with Crippen molar-refractivity contribution in [2.75, 3.05) is 19.6 Å². The molecule has 0 bridgehead atoms. The SMILES string of the molecule is CC1CN(Cc2ncnn2C)CCCN1. The molecule has 15 heavy (non-hydrogen) atoms. The fourth-order valence-corrected chi connectivity index (χ4v) is 2.00. The third-order valence-electron chi connectivity index (χ3n) is 2.85. The average molecular weight is 209 g/mol. The van der Waals surface area contributed by atoms with E-state index in [0.717, 1.165) is 32.0 Å². The predicted molar refractivity (Wildman–Crippen MR) is 58.4 cm³/mol. The molecule has 1 saturated heterocycles. The van der Waals surface area contributed by atoms with Gasteiger partial charge in [-0.1, -0.05) is 0 Å². The third kappa shape index (κ3) is 2.76. The van der Waals surface area contributed by atoms with Gasteiger partial charge >= 0.3 is 0 Å². The van der Waals surface area contributed by atoms with Crippen molar-refractivity contribution in [3.63, 3.8) is 0 Å². The maximum absolute atomic E-state index is 4.26. The number of hydrogen-bond acceptors (Lipinski definition) is 4. The van der Waals surface area contributed by atoms with Crippen LogP contribution in [0.2, 0.25) is 0 Å². The topological polar surface area (TPSA) is 46.0 Å². The predicted octanol–water partition coefficient (Wildman–Crippen LogP) is -0.00110. The first-order valence-electron chi connectivity index (χ1n) is 5.54. The second-order valence-electron chi connectivity index (χ2n) is 4.24.